The number of nitrogens with zero attached hydrogens (tertiary/aromatic N) is 1. The predicted octanol–water partition coefficient (Wildman–Crippen LogP) is 3.98. The van der Waals surface area contributed by atoms with E-state index in [9.17, 15) is 14.0 Å². The predicted molar refractivity (Wildman–Crippen MR) is 103 cm³/mol. The summed E-state index contributed by atoms with van der Waals surface area (Å²) in [4.78, 5) is 25.9. The first-order chi connectivity index (χ1) is 13.5. The molecule has 1 N–H and O–H groups in total. The quantitative estimate of drug-likeness (QED) is 0.726. The van der Waals surface area contributed by atoms with Crippen LogP contribution in [0.3, 0.4) is 0 Å². The molecule has 0 aliphatic carbocycles. The van der Waals surface area contributed by atoms with Gasteiger partial charge in [0.2, 0.25) is 5.91 Å². The Morgan fingerprint density at radius 2 is 1.89 bits per heavy atom. The minimum absolute atomic E-state index is 0.0160. The van der Waals surface area contributed by atoms with E-state index in [4.69, 9.17) is 16.0 Å². The monoisotopic (exact) mass is 398 g/mol. The smallest absolute Gasteiger partial charge is 0.290 e. The van der Waals surface area contributed by atoms with Gasteiger partial charge in [0.15, 0.2) is 5.76 Å². The number of hydrogen-bond donors (Lipinski definition) is 1. The molecule has 1 fully saturated rings. The molecule has 2 amide bonds. The van der Waals surface area contributed by atoms with E-state index in [1.807, 2.05) is 6.07 Å². The Hall–Kier alpha value is -3.12. The second-order valence-electron chi connectivity index (χ2n) is 6.45. The van der Waals surface area contributed by atoms with Gasteiger partial charge in [0, 0.05) is 29.2 Å². The van der Waals surface area contributed by atoms with Crippen LogP contribution in [-0.2, 0) is 4.79 Å². The molecule has 0 saturated carbocycles. The Morgan fingerprint density at radius 3 is 2.61 bits per heavy atom. The molecule has 0 spiro atoms. The van der Waals surface area contributed by atoms with Gasteiger partial charge in [-0.2, -0.15) is 0 Å². The summed E-state index contributed by atoms with van der Waals surface area (Å²) in [6.07, 6.45) is 0. The Labute approximate surface area is 165 Å². The SMILES string of the molecule is O=C1CN(C(=O)c2cc(-c3cccc(Cl)c3)c(-c3ccc(F)cc3)o2)CCN1. The number of carbonyl (C=O) groups excluding carboxylic acids is 2. The van der Waals surface area contributed by atoms with Gasteiger partial charge in [-0.05, 0) is 48.0 Å². The van der Waals surface area contributed by atoms with Crippen LogP contribution < -0.4 is 5.32 Å². The lowest BCUT2D eigenvalue weighted by Crippen LogP contribution is -2.49. The summed E-state index contributed by atoms with van der Waals surface area (Å²) in [7, 11) is 0. The van der Waals surface area contributed by atoms with Crippen molar-refractivity contribution in [3.8, 4) is 22.5 Å². The summed E-state index contributed by atoms with van der Waals surface area (Å²) >= 11 is 6.12. The van der Waals surface area contributed by atoms with Gasteiger partial charge in [0.05, 0.1) is 0 Å². The van der Waals surface area contributed by atoms with Gasteiger partial charge in [-0.1, -0.05) is 23.7 Å². The van der Waals surface area contributed by atoms with Crippen LogP contribution in [0.5, 0.6) is 0 Å². The topological polar surface area (TPSA) is 62.6 Å². The van der Waals surface area contributed by atoms with E-state index in [2.05, 4.69) is 5.32 Å². The Kier molecular flexibility index (Phi) is 4.88. The van der Waals surface area contributed by atoms with Crippen molar-refractivity contribution in [2.24, 2.45) is 0 Å². The average Bonchev–Trinajstić information content (AvgIpc) is 3.13. The molecule has 3 aromatic rings. The molecule has 0 bridgehead atoms. The number of hydrogen-bond acceptors (Lipinski definition) is 3. The van der Waals surface area contributed by atoms with Gasteiger partial charge in [0.1, 0.15) is 18.1 Å². The molecule has 28 heavy (non-hydrogen) atoms. The first-order valence-corrected chi connectivity index (χ1v) is 9.11. The van der Waals surface area contributed by atoms with E-state index in [-0.39, 0.29) is 29.9 Å². The van der Waals surface area contributed by atoms with E-state index in [1.165, 1.54) is 17.0 Å². The van der Waals surface area contributed by atoms with Crippen LogP contribution >= 0.6 is 11.6 Å². The number of benzene rings is 2. The van der Waals surface area contributed by atoms with E-state index >= 15 is 0 Å². The van der Waals surface area contributed by atoms with Gasteiger partial charge in [-0.25, -0.2) is 4.39 Å². The first-order valence-electron chi connectivity index (χ1n) is 8.73. The summed E-state index contributed by atoms with van der Waals surface area (Å²) in [6.45, 7) is 0.790. The maximum Gasteiger partial charge on any atom is 0.290 e. The third kappa shape index (κ3) is 3.64. The van der Waals surface area contributed by atoms with Crippen LogP contribution in [0.2, 0.25) is 5.02 Å². The molecule has 7 heteroatoms. The van der Waals surface area contributed by atoms with E-state index in [1.54, 1.807) is 36.4 Å². The maximum atomic E-state index is 13.3. The van der Waals surface area contributed by atoms with E-state index in [0.29, 0.717) is 35.0 Å². The molecule has 0 atom stereocenters. The molecule has 1 aliphatic rings. The lowest BCUT2D eigenvalue weighted by molar-refractivity contribution is -0.123. The van der Waals surface area contributed by atoms with Crippen molar-refractivity contribution in [1.29, 1.82) is 0 Å². The lowest BCUT2D eigenvalue weighted by atomic mass is 10.0. The normalized spacial score (nSPS) is 14.1. The van der Waals surface area contributed by atoms with Crippen LogP contribution in [0, 0.1) is 5.82 Å². The fraction of sp³-hybridized carbons (Fsp3) is 0.143. The number of piperazine rings is 1. The zero-order valence-corrected chi connectivity index (χ0v) is 15.5. The van der Waals surface area contributed by atoms with Gasteiger partial charge in [-0.15, -0.1) is 0 Å². The zero-order valence-electron chi connectivity index (χ0n) is 14.7. The highest BCUT2D eigenvalue weighted by Crippen LogP contribution is 2.36. The minimum Gasteiger partial charge on any atom is -0.450 e. The molecule has 142 valence electrons. The van der Waals surface area contributed by atoms with Crippen molar-refractivity contribution in [3.05, 3.63) is 71.2 Å². The summed E-state index contributed by atoms with van der Waals surface area (Å²) in [5, 5.41) is 3.23. The second-order valence-corrected chi connectivity index (χ2v) is 6.88. The Bertz CT molecular complexity index is 1050. The molecule has 0 radical (unpaired) electrons. The van der Waals surface area contributed by atoms with Crippen molar-refractivity contribution < 1.29 is 18.4 Å². The lowest BCUT2D eigenvalue weighted by Gasteiger charge is -2.25. The molecule has 1 aromatic heterocycles. The van der Waals surface area contributed by atoms with Crippen molar-refractivity contribution in [2.45, 2.75) is 0 Å². The summed E-state index contributed by atoms with van der Waals surface area (Å²) in [5.41, 5.74) is 2.07. The maximum absolute atomic E-state index is 13.3. The Morgan fingerprint density at radius 1 is 1.11 bits per heavy atom. The van der Waals surface area contributed by atoms with Crippen LogP contribution in [0.4, 0.5) is 4.39 Å². The van der Waals surface area contributed by atoms with Crippen molar-refractivity contribution in [2.75, 3.05) is 19.6 Å². The second kappa shape index (κ2) is 7.48. The molecule has 5 nitrogen and oxygen atoms in total. The molecule has 1 aliphatic heterocycles. The molecular formula is C21H16ClFN2O3. The van der Waals surface area contributed by atoms with E-state index in [0.717, 1.165) is 5.56 Å². The van der Waals surface area contributed by atoms with Crippen molar-refractivity contribution >= 4 is 23.4 Å². The highest BCUT2D eigenvalue weighted by molar-refractivity contribution is 6.30. The van der Waals surface area contributed by atoms with Crippen molar-refractivity contribution in [3.63, 3.8) is 0 Å². The van der Waals surface area contributed by atoms with Gasteiger partial charge in [0.25, 0.3) is 5.91 Å². The molecule has 2 heterocycles. The fourth-order valence-corrected chi connectivity index (χ4v) is 3.34. The number of halogens is 2. The fourth-order valence-electron chi connectivity index (χ4n) is 3.15. The van der Waals surface area contributed by atoms with Crippen LogP contribution in [0.25, 0.3) is 22.5 Å². The highest BCUT2D eigenvalue weighted by atomic mass is 35.5. The number of furan rings is 1. The summed E-state index contributed by atoms with van der Waals surface area (Å²) in [5.74, 6) is -0.391. The molecule has 2 aromatic carbocycles. The number of amides is 2. The molecule has 1 saturated heterocycles. The molecular weight excluding hydrogens is 383 g/mol. The third-order valence-electron chi connectivity index (χ3n) is 4.51. The zero-order chi connectivity index (χ0) is 19.7. The minimum atomic E-state index is -0.369. The number of rotatable bonds is 3. The van der Waals surface area contributed by atoms with E-state index < -0.39 is 0 Å². The molecule has 4 rings (SSSR count). The van der Waals surface area contributed by atoms with Gasteiger partial charge >= 0.3 is 0 Å². The third-order valence-corrected chi connectivity index (χ3v) is 4.75. The van der Waals surface area contributed by atoms with Crippen LogP contribution in [-0.4, -0.2) is 36.3 Å². The highest BCUT2D eigenvalue weighted by Gasteiger charge is 2.27. The van der Waals surface area contributed by atoms with Gasteiger partial charge in [-0.3, -0.25) is 9.59 Å². The average molecular weight is 399 g/mol. The van der Waals surface area contributed by atoms with Crippen LogP contribution in [0.15, 0.2) is 59.0 Å². The molecule has 0 unspecified atom stereocenters. The largest absolute Gasteiger partial charge is 0.450 e. The Balaban J connectivity index is 1.78. The first kappa shape index (κ1) is 18.3. The van der Waals surface area contributed by atoms with Crippen LogP contribution in [0.1, 0.15) is 10.6 Å². The van der Waals surface area contributed by atoms with Gasteiger partial charge < -0.3 is 14.6 Å². The summed E-state index contributed by atoms with van der Waals surface area (Å²) in [6, 6.07) is 14.6. The summed E-state index contributed by atoms with van der Waals surface area (Å²) < 4.78 is 19.2. The van der Waals surface area contributed by atoms with Crippen molar-refractivity contribution in [1.82, 2.24) is 10.2 Å². The standard InChI is InChI=1S/C21H16ClFN2O3/c22-15-3-1-2-14(10-15)17-11-18(21(27)25-9-8-24-19(26)12-25)28-20(17)13-4-6-16(23)7-5-13/h1-7,10-11H,8-9,12H2,(H,24,26). The number of nitrogens with one attached hydrogen (secondary N) is 1. The number of carbonyl (C=O) groups is 2.